The van der Waals surface area contributed by atoms with Crippen LogP contribution in [0.1, 0.15) is 23.6 Å². The van der Waals surface area contributed by atoms with Crippen molar-refractivity contribution in [2.45, 2.75) is 33.4 Å². The number of benzene rings is 2. The molecule has 0 aromatic heterocycles. The average molecular weight is 365 g/mol. The zero-order chi connectivity index (χ0) is 19.6. The molecular weight excluding hydrogens is 342 g/mol. The number of urea groups is 1. The van der Waals surface area contributed by atoms with Gasteiger partial charge in [-0.15, -0.1) is 0 Å². The highest BCUT2D eigenvalue weighted by Gasteiger charge is 2.43. The molecule has 0 radical (unpaired) electrons. The summed E-state index contributed by atoms with van der Waals surface area (Å²) in [5.74, 6) is -0.735. The van der Waals surface area contributed by atoms with Crippen LogP contribution in [-0.4, -0.2) is 35.3 Å². The molecule has 0 unspecified atom stereocenters. The third kappa shape index (κ3) is 4.00. The molecule has 1 atom stereocenters. The van der Waals surface area contributed by atoms with Gasteiger partial charge in [-0.25, -0.2) is 4.79 Å². The van der Waals surface area contributed by atoms with E-state index in [1.807, 2.05) is 50.2 Å². The molecule has 0 bridgehead atoms. The molecule has 0 spiro atoms. The molecule has 27 heavy (non-hydrogen) atoms. The Labute approximate surface area is 158 Å². The van der Waals surface area contributed by atoms with Crippen molar-refractivity contribution in [2.75, 3.05) is 11.4 Å². The predicted molar refractivity (Wildman–Crippen MR) is 103 cm³/mol. The molecule has 0 saturated carbocycles. The zero-order valence-corrected chi connectivity index (χ0v) is 15.7. The first-order valence-corrected chi connectivity index (χ1v) is 8.90. The van der Waals surface area contributed by atoms with E-state index in [4.69, 9.17) is 0 Å². The summed E-state index contributed by atoms with van der Waals surface area (Å²) in [6.45, 7) is 5.69. The first-order valence-electron chi connectivity index (χ1n) is 8.90. The lowest BCUT2D eigenvalue weighted by Gasteiger charge is -2.19. The van der Waals surface area contributed by atoms with E-state index in [9.17, 15) is 14.4 Å². The molecule has 6 heteroatoms. The molecule has 1 aliphatic rings. The monoisotopic (exact) mass is 365 g/mol. The largest absolute Gasteiger partial charge is 0.350 e. The second-order valence-electron chi connectivity index (χ2n) is 6.85. The van der Waals surface area contributed by atoms with Crippen molar-refractivity contribution in [2.24, 2.45) is 0 Å². The maximum absolute atomic E-state index is 12.7. The quantitative estimate of drug-likeness (QED) is 0.829. The second-order valence-corrected chi connectivity index (χ2v) is 6.85. The third-order valence-electron chi connectivity index (χ3n) is 4.67. The number of nitrogens with one attached hydrogen (secondary N) is 1. The summed E-state index contributed by atoms with van der Waals surface area (Å²) in [5, 5.41) is 2.76. The number of anilines is 1. The highest BCUT2D eigenvalue weighted by molar-refractivity contribution is 6.15. The van der Waals surface area contributed by atoms with Crippen molar-refractivity contribution in [1.82, 2.24) is 10.2 Å². The van der Waals surface area contributed by atoms with Gasteiger partial charge in [-0.3, -0.25) is 19.4 Å². The van der Waals surface area contributed by atoms with Gasteiger partial charge in [0.05, 0.1) is 0 Å². The zero-order valence-electron chi connectivity index (χ0n) is 15.7. The Hall–Kier alpha value is -3.15. The van der Waals surface area contributed by atoms with Crippen LogP contribution >= 0.6 is 0 Å². The van der Waals surface area contributed by atoms with Crippen LogP contribution in [0.3, 0.4) is 0 Å². The van der Waals surface area contributed by atoms with Crippen LogP contribution < -0.4 is 10.2 Å². The summed E-state index contributed by atoms with van der Waals surface area (Å²) in [6, 6.07) is 14.1. The van der Waals surface area contributed by atoms with Crippen molar-refractivity contribution in [3.05, 3.63) is 65.2 Å². The van der Waals surface area contributed by atoms with Gasteiger partial charge in [-0.05, 0) is 38.5 Å². The van der Waals surface area contributed by atoms with Crippen LogP contribution in [0.2, 0.25) is 0 Å². The number of hydrogen-bond donors (Lipinski definition) is 1. The summed E-state index contributed by atoms with van der Waals surface area (Å²) >= 11 is 0. The Bertz CT molecular complexity index is 859. The van der Waals surface area contributed by atoms with E-state index in [1.165, 1.54) is 4.90 Å². The van der Waals surface area contributed by atoms with E-state index >= 15 is 0 Å². The number of carbonyl (C=O) groups excluding carboxylic acids is 3. The fourth-order valence-corrected chi connectivity index (χ4v) is 3.02. The molecule has 2 aromatic rings. The summed E-state index contributed by atoms with van der Waals surface area (Å²) in [7, 11) is 0. The van der Waals surface area contributed by atoms with Crippen LogP contribution in [0.15, 0.2) is 48.5 Å². The molecule has 0 aliphatic carbocycles. The van der Waals surface area contributed by atoms with Crippen LogP contribution in [0.5, 0.6) is 0 Å². The van der Waals surface area contributed by atoms with Crippen molar-refractivity contribution in [1.29, 1.82) is 0 Å². The predicted octanol–water partition coefficient (Wildman–Crippen LogP) is 2.78. The number of aryl methyl sites for hydroxylation is 2. The number of amides is 4. The Morgan fingerprint density at radius 1 is 0.963 bits per heavy atom. The van der Waals surface area contributed by atoms with Gasteiger partial charge < -0.3 is 5.32 Å². The van der Waals surface area contributed by atoms with Crippen molar-refractivity contribution >= 4 is 23.5 Å². The fourth-order valence-electron chi connectivity index (χ4n) is 3.02. The lowest BCUT2D eigenvalue weighted by Crippen LogP contribution is -2.41. The Kier molecular flexibility index (Phi) is 5.26. The van der Waals surface area contributed by atoms with E-state index in [-0.39, 0.29) is 18.4 Å². The summed E-state index contributed by atoms with van der Waals surface area (Å²) < 4.78 is 0. The highest BCUT2D eigenvalue weighted by atomic mass is 16.2. The van der Waals surface area contributed by atoms with E-state index in [1.54, 1.807) is 19.1 Å². The third-order valence-corrected chi connectivity index (χ3v) is 4.67. The molecule has 2 aromatic carbocycles. The Balaban J connectivity index is 1.64. The Morgan fingerprint density at radius 3 is 2.11 bits per heavy atom. The summed E-state index contributed by atoms with van der Waals surface area (Å²) in [5.41, 5.74) is 3.82. The van der Waals surface area contributed by atoms with Gasteiger partial charge in [0.2, 0.25) is 5.91 Å². The SMILES string of the molecule is Cc1ccc(CNC(=O)CN2C(=O)[C@H](C)N(c3ccc(C)cc3)C2=O)cc1. The average Bonchev–Trinajstić information content (AvgIpc) is 2.86. The Morgan fingerprint density at radius 2 is 1.52 bits per heavy atom. The summed E-state index contributed by atoms with van der Waals surface area (Å²) in [4.78, 5) is 39.9. The van der Waals surface area contributed by atoms with Gasteiger partial charge >= 0.3 is 6.03 Å². The number of nitrogens with zero attached hydrogens (tertiary/aromatic N) is 2. The van der Waals surface area contributed by atoms with Crippen molar-refractivity contribution in [3.63, 3.8) is 0 Å². The molecule has 1 N–H and O–H groups in total. The topological polar surface area (TPSA) is 69.7 Å². The molecule has 1 saturated heterocycles. The van der Waals surface area contributed by atoms with E-state index in [0.717, 1.165) is 21.6 Å². The van der Waals surface area contributed by atoms with E-state index in [0.29, 0.717) is 12.2 Å². The first-order chi connectivity index (χ1) is 12.9. The van der Waals surface area contributed by atoms with Gasteiger partial charge in [0.15, 0.2) is 0 Å². The van der Waals surface area contributed by atoms with Gasteiger partial charge in [-0.2, -0.15) is 0 Å². The highest BCUT2D eigenvalue weighted by Crippen LogP contribution is 2.25. The molecule has 3 rings (SSSR count). The van der Waals surface area contributed by atoms with Crippen molar-refractivity contribution < 1.29 is 14.4 Å². The number of imide groups is 1. The van der Waals surface area contributed by atoms with Gasteiger partial charge in [-0.1, -0.05) is 47.5 Å². The number of carbonyl (C=O) groups is 3. The minimum Gasteiger partial charge on any atom is -0.350 e. The first kappa shape index (κ1) is 18.6. The van der Waals surface area contributed by atoms with Crippen LogP contribution in [0, 0.1) is 13.8 Å². The van der Waals surface area contributed by atoms with E-state index < -0.39 is 12.1 Å². The number of hydrogen-bond acceptors (Lipinski definition) is 3. The van der Waals surface area contributed by atoms with Gasteiger partial charge in [0.1, 0.15) is 12.6 Å². The molecule has 1 fully saturated rings. The van der Waals surface area contributed by atoms with Gasteiger partial charge in [0.25, 0.3) is 5.91 Å². The summed E-state index contributed by atoms with van der Waals surface area (Å²) in [6.07, 6.45) is 0. The molecule has 4 amide bonds. The van der Waals surface area contributed by atoms with E-state index in [2.05, 4.69) is 5.32 Å². The molecule has 6 nitrogen and oxygen atoms in total. The minimum absolute atomic E-state index is 0.282. The minimum atomic E-state index is -0.634. The van der Waals surface area contributed by atoms with Gasteiger partial charge in [0, 0.05) is 12.2 Å². The van der Waals surface area contributed by atoms with Crippen molar-refractivity contribution in [3.8, 4) is 0 Å². The molecular formula is C21H23N3O3. The smallest absolute Gasteiger partial charge is 0.332 e. The second kappa shape index (κ2) is 7.61. The maximum Gasteiger partial charge on any atom is 0.332 e. The number of rotatable bonds is 5. The van der Waals surface area contributed by atoms with Crippen LogP contribution in [0.25, 0.3) is 0 Å². The lowest BCUT2D eigenvalue weighted by atomic mass is 10.1. The molecule has 140 valence electrons. The molecule has 1 heterocycles. The maximum atomic E-state index is 12.7. The fraction of sp³-hybridized carbons (Fsp3) is 0.286. The standard InChI is InChI=1S/C21H23N3O3/c1-14-4-8-17(9-5-14)12-22-19(25)13-23-20(26)16(3)24(21(23)27)18-10-6-15(2)7-11-18/h4-11,16H,12-13H2,1-3H3,(H,22,25)/t16-/m0/s1. The van der Waals surface area contributed by atoms with Crippen LogP contribution in [0.4, 0.5) is 10.5 Å². The molecule has 1 aliphatic heterocycles. The lowest BCUT2D eigenvalue weighted by molar-refractivity contribution is -0.131. The normalized spacial score (nSPS) is 16.8. The van der Waals surface area contributed by atoms with Crippen LogP contribution in [-0.2, 0) is 16.1 Å².